The predicted molar refractivity (Wildman–Crippen MR) is 95.8 cm³/mol. The van der Waals surface area contributed by atoms with Crippen LogP contribution in [0.15, 0.2) is 54.9 Å². The van der Waals surface area contributed by atoms with E-state index in [0.717, 1.165) is 18.5 Å². The third kappa shape index (κ3) is 2.31. The van der Waals surface area contributed by atoms with Crippen LogP contribution < -0.4 is 0 Å². The number of alkyl halides is 3. The Morgan fingerprint density at radius 2 is 1.78 bits per heavy atom. The van der Waals surface area contributed by atoms with E-state index in [1.165, 1.54) is 12.1 Å². The van der Waals surface area contributed by atoms with Crippen molar-refractivity contribution in [2.75, 3.05) is 0 Å². The van der Waals surface area contributed by atoms with E-state index in [4.69, 9.17) is 0 Å². The SMILES string of the molecule is CCCn1cc(-c2cccc3c2-c2ccccc2C3(C#N)C(F)(F)F)cn1. The zero-order valence-electron chi connectivity index (χ0n) is 14.6. The number of hydrogen-bond donors (Lipinski definition) is 0. The first-order chi connectivity index (χ1) is 12.9. The van der Waals surface area contributed by atoms with Gasteiger partial charge in [-0.1, -0.05) is 49.4 Å². The van der Waals surface area contributed by atoms with Crippen molar-refractivity contribution in [2.24, 2.45) is 0 Å². The van der Waals surface area contributed by atoms with Gasteiger partial charge in [0.25, 0.3) is 0 Å². The summed E-state index contributed by atoms with van der Waals surface area (Å²) in [7, 11) is 0. The van der Waals surface area contributed by atoms with Crippen LogP contribution in [0.1, 0.15) is 24.5 Å². The molecule has 1 heterocycles. The molecule has 0 N–H and O–H groups in total. The molecule has 136 valence electrons. The van der Waals surface area contributed by atoms with Crippen molar-refractivity contribution in [2.45, 2.75) is 31.5 Å². The molecule has 27 heavy (non-hydrogen) atoms. The van der Waals surface area contributed by atoms with E-state index < -0.39 is 11.6 Å². The number of fused-ring (bicyclic) bond motifs is 3. The van der Waals surface area contributed by atoms with Crippen LogP contribution in [-0.4, -0.2) is 16.0 Å². The van der Waals surface area contributed by atoms with Crippen LogP contribution in [0.5, 0.6) is 0 Å². The van der Waals surface area contributed by atoms with E-state index in [1.807, 2.05) is 13.1 Å². The van der Waals surface area contributed by atoms with Crippen molar-refractivity contribution < 1.29 is 13.2 Å². The fourth-order valence-corrected chi connectivity index (χ4v) is 3.91. The smallest absolute Gasteiger partial charge is 0.272 e. The molecule has 0 saturated carbocycles. The second kappa shape index (κ2) is 5.98. The summed E-state index contributed by atoms with van der Waals surface area (Å²) in [6, 6.07) is 12.7. The Morgan fingerprint density at radius 1 is 1.07 bits per heavy atom. The average molecular weight is 367 g/mol. The Bertz CT molecular complexity index is 1060. The maximum atomic E-state index is 14.2. The maximum absolute atomic E-state index is 14.2. The van der Waals surface area contributed by atoms with Crippen molar-refractivity contribution >= 4 is 0 Å². The van der Waals surface area contributed by atoms with Gasteiger partial charge in [-0.3, -0.25) is 4.68 Å². The summed E-state index contributed by atoms with van der Waals surface area (Å²) >= 11 is 0. The Labute approximate surface area is 154 Å². The van der Waals surface area contributed by atoms with Gasteiger partial charge < -0.3 is 0 Å². The van der Waals surface area contributed by atoms with Gasteiger partial charge in [-0.15, -0.1) is 0 Å². The first-order valence-electron chi connectivity index (χ1n) is 8.68. The molecule has 1 atom stereocenters. The third-order valence-corrected chi connectivity index (χ3v) is 5.06. The van der Waals surface area contributed by atoms with Gasteiger partial charge in [-0.2, -0.15) is 23.5 Å². The second-order valence-corrected chi connectivity index (χ2v) is 6.63. The van der Waals surface area contributed by atoms with Crippen LogP contribution >= 0.6 is 0 Å². The van der Waals surface area contributed by atoms with Gasteiger partial charge >= 0.3 is 6.18 Å². The van der Waals surface area contributed by atoms with E-state index in [0.29, 0.717) is 16.7 Å². The summed E-state index contributed by atoms with van der Waals surface area (Å²) in [6.45, 7) is 2.76. The quantitative estimate of drug-likeness (QED) is 0.629. The highest BCUT2D eigenvalue weighted by molar-refractivity contribution is 5.93. The number of aryl methyl sites for hydroxylation is 1. The summed E-state index contributed by atoms with van der Waals surface area (Å²) in [5.74, 6) is 0. The lowest BCUT2D eigenvalue weighted by atomic mass is 9.78. The van der Waals surface area contributed by atoms with Crippen LogP contribution in [0, 0.1) is 11.3 Å². The van der Waals surface area contributed by atoms with Crippen molar-refractivity contribution in [3.63, 3.8) is 0 Å². The lowest BCUT2D eigenvalue weighted by molar-refractivity contribution is -0.161. The number of rotatable bonds is 3. The Hall–Kier alpha value is -3.07. The lowest BCUT2D eigenvalue weighted by Crippen LogP contribution is -2.40. The Kier molecular flexibility index (Phi) is 3.84. The molecule has 0 bridgehead atoms. The lowest BCUT2D eigenvalue weighted by Gasteiger charge is -2.27. The molecule has 4 rings (SSSR count). The normalized spacial score (nSPS) is 18.0. The van der Waals surface area contributed by atoms with Crippen LogP contribution in [-0.2, 0) is 12.0 Å². The molecule has 3 aromatic rings. The first kappa shape index (κ1) is 17.3. The van der Waals surface area contributed by atoms with Crippen LogP contribution in [0.25, 0.3) is 22.3 Å². The Balaban J connectivity index is 2.04. The molecular formula is C21H16F3N3. The molecule has 0 radical (unpaired) electrons. The molecule has 6 heteroatoms. The molecule has 0 fully saturated rings. The molecule has 1 aliphatic rings. The maximum Gasteiger partial charge on any atom is 0.415 e. The number of aromatic nitrogens is 2. The van der Waals surface area contributed by atoms with Gasteiger partial charge in [0.15, 0.2) is 0 Å². The highest BCUT2D eigenvalue weighted by atomic mass is 19.4. The van der Waals surface area contributed by atoms with Gasteiger partial charge in [0.1, 0.15) is 0 Å². The van der Waals surface area contributed by atoms with E-state index in [2.05, 4.69) is 5.10 Å². The predicted octanol–water partition coefficient (Wildman–Crippen LogP) is 5.31. The number of benzene rings is 2. The van der Waals surface area contributed by atoms with Crippen molar-refractivity contribution in [1.82, 2.24) is 9.78 Å². The fourth-order valence-electron chi connectivity index (χ4n) is 3.91. The fraction of sp³-hybridized carbons (Fsp3) is 0.238. The van der Waals surface area contributed by atoms with Crippen molar-refractivity contribution in [1.29, 1.82) is 5.26 Å². The zero-order chi connectivity index (χ0) is 19.2. The van der Waals surface area contributed by atoms with Crippen molar-refractivity contribution in [3.05, 3.63) is 66.0 Å². The topological polar surface area (TPSA) is 41.6 Å². The van der Waals surface area contributed by atoms with Gasteiger partial charge in [-0.05, 0) is 34.2 Å². The summed E-state index contributed by atoms with van der Waals surface area (Å²) in [4.78, 5) is 0. The van der Waals surface area contributed by atoms with Gasteiger partial charge in [0.05, 0.1) is 12.3 Å². The monoisotopic (exact) mass is 367 g/mol. The van der Waals surface area contributed by atoms with Crippen LogP contribution in [0.3, 0.4) is 0 Å². The third-order valence-electron chi connectivity index (χ3n) is 5.06. The largest absolute Gasteiger partial charge is 0.415 e. The molecule has 0 amide bonds. The van der Waals surface area contributed by atoms with E-state index >= 15 is 0 Å². The summed E-state index contributed by atoms with van der Waals surface area (Å²) < 4.78 is 44.3. The molecule has 3 nitrogen and oxygen atoms in total. The highest BCUT2D eigenvalue weighted by Crippen LogP contribution is 2.58. The van der Waals surface area contributed by atoms with Gasteiger partial charge in [0, 0.05) is 18.3 Å². The number of nitriles is 1. The van der Waals surface area contributed by atoms with Crippen molar-refractivity contribution in [3.8, 4) is 28.3 Å². The van der Waals surface area contributed by atoms with E-state index in [9.17, 15) is 18.4 Å². The molecule has 2 aromatic carbocycles. The van der Waals surface area contributed by atoms with Gasteiger partial charge in [0.2, 0.25) is 5.41 Å². The number of hydrogen-bond acceptors (Lipinski definition) is 2. The van der Waals surface area contributed by atoms with Crippen LogP contribution in [0.4, 0.5) is 13.2 Å². The minimum absolute atomic E-state index is 0.0107. The minimum atomic E-state index is -4.73. The molecule has 1 aromatic heterocycles. The highest BCUT2D eigenvalue weighted by Gasteiger charge is 2.62. The van der Waals surface area contributed by atoms with Gasteiger partial charge in [-0.25, -0.2) is 0 Å². The zero-order valence-corrected chi connectivity index (χ0v) is 14.6. The summed E-state index contributed by atoms with van der Waals surface area (Å²) in [5, 5.41) is 14.0. The number of halogens is 3. The van der Waals surface area contributed by atoms with Crippen LogP contribution in [0.2, 0.25) is 0 Å². The minimum Gasteiger partial charge on any atom is -0.272 e. The molecular weight excluding hydrogens is 351 g/mol. The number of nitrogens with zero attached hydrogens (tertiary/aromatic N) is 3. The average Bonchev–Trinajstić information content (AvgIpc) is 3.22. The van der Waals surface area contributed by atoms with E-state index in [1.54, 1.807) is 47.3 Å². The Morgan fingerprint density at radius 3 is 2.48 bits per heavy atom. The molecule has 0 spiro atoms. The second-order valence-electron chi connectivity index (χ2n) is 6.63. The summed E-state index contributed by atoms with van der Waals surface area (Å²) in [5.41, 5.74) is -0.375. The molecule has 0 saturated heterocycles. The molecule has 1 aliphatic carbocycles. The standard InChI is InChI=1S/C21H16F3N3/c1-2-10-27-12-14(11-26-27)15-7-5-9-18-19(15)16-6-3-4-8-17(16)20(18,13-25)21(22,23)24/h3-9,11-12H,2,10H2,1H3. The molecule has 1 unspecified atom stereocenters. The molecule has 0 aliphatic heterocycles. The first-order valence-corrected chi connectivity index (χ1v) is 8.68. The van der Waals surface area contributed by atoms with E-state index in [-0.39, 0.29) is 11.1 Å². The summed E-state index contributed by atoms with van der Waals surface area (Å²) in [6.07, 6.45) is -0.327.